The summed E-state index contributed by atoms with van der Waals surface area (Å²) >= 11 is 3.36. The summed E-state index contributed by atoms with van der Waals surface area (Å²) in [6, 6.07) is 3.59. The van der Waals surface area contributed by atoms with Crippen LogP contribution in [0.5, 0.6) is 5.75 Å². The Bertz CT molecular complexity index is 350. The van der Waals surface area contributed by atoms with Crippen LogP contribution in [0, 0.1) is 6.92 Å². The lowest BCUT2D eigenvalue weighted by molar-refractivity contribution is 0.111. The summed E-state index contributed by atoms with van der Waals surface area (Å²) in [6.45, 7) is 2.90. The van der Waals surface area contributed by atoms with Crippen molar-refractivity contribution in [2.24, 2.45) is 0 Å². The molecule has 0 unspecified atom stereocenters. The number of methoxy groups -OCH3 is 1. The average Bonchev–Trinajstić information content (AvgIpc) is 2.23. The molecular formula is C11H13BrO3. The lowest BCUT2D eigenvalue weighted by Crippen LogP contribution is -2.06. The van der Waals surface area contributed by atoms with Crippen molar-refractivity contribution in [3.8, 4) is 5.75 Å². The highest BCUT2D eigenvalue weighted by Crippen LogP contribution is 2.25. The zero-order valence-electron chi connectivity index (χ0n) is 8.75. The van der Waals surface area contributed by atoms with Gasteiger partial charge in [0.15, 0.2) is 6.29 Å². The summed E-state index contributed by atoms with van der Waals surface area (Å²) in [7, 11) is 1.61. The Labute approximate surface area is 97.5 Å². The highest BCUT2D eigenvalue weighted by Gasteiger charge is 2.06. The molecule has 3 nitrogen and oxygen atoms in total. The van der Waals surface area contributed by atoms with Gasteiger partial charge < -0.3 is 9.47 Å². The van der Waals surface area contributed by atoms with Gasteiger partial charge >= 0.3 is 0 Å². The second-order valence-electron chi connectivity index (χ2n) is 3.10. The summed E-state index contributed by atoms with van der Waals surface area (Å²) in [6.07, 6.45) is 0.784. The van der Waals surface area contributed by atoms with E-state index in [1.54, 1.807) is 13.2 Å². The number of rotatable bonds is 5. The van der Waals surface area contributed by atoms with E-state index in [9.17, 15) is 4.79 Å². The topological polar surface area (TPSA) is 35.5 Å². The average molecular weight is 273 g/mol. The van der Waals surface area contributed by atoms with Gasteiger partial charge in [-0.3, -0.25) is 4.79 Å². The zero-order valence-corrected chi connectivity index (χ0v) is 10.3. The Morgan fingerprint density at radius 1 is 1.40 bits per heavy atom. The largest absolute Gasteiger partial charge is 0.490 e. The van der Waals surface area contributed by atoms with Gasteiger partial charge in [-0.2, -0.15) is 0 Å². The molecule has 0 atom stereocenters. The van der Waals surface area contributed by atoms with E-state index in [0.29, 0.717) is 24.5 Å². The van der Waals surface area contributed by atoms with Gasteiger partial charge in [-0.05, 0) is 24.6 Å². The highest BCUT2D eigenvalue weighted by molar-refractivity contribution is 9.10. The predicted octanol–water partition coefficient (Wildman–Crippen LogP) is 2.60. The number of hydrogen-bond acceptors (Lipinski definition) is 3. The van der Waals surface area contributed by atoms with E-state index in [2.05, 4.69) is 15.9 Å². The first-order valence-electron chi connectivity index (χ1n) is 4.56. The number of carbonyl (C=O) groups excluding carboxylic acids is 1. The Kier molecular flexibility index (Phi) is 4.78. The van der Waals surface area contributed by atoms with Crippen molar-refractivity contribution in [2.75, 3.05) is 20.3 Å². The Balaban J connectivity index is 2.85. The number of aldehydes is 1. The summed E-state index contributed by atoms with van der Waals surface area (Å²) < 4.78 is 11.2. The Hall–Kier alpha value is -0.870. The van der Waals surface area contributed by atoms with E-state index >= 15 is 0 Å². The molecule has 0 saturated carbocycles. The van der Waals surface area contributed by atoms with Crippen molar-refractivity contribution in [3.05, 3.63) is 27.7 Å². The summed E-state index contributed by atoms with van der Waals surface area (Å²) in [5.74, 6) is 0.600. The smallest absolute Gasteiger partial charge is 0.153 e. The molecule has 1 rings (SSSR count). The molecule has 82 valence electrons. The molecule has 0 aliphatic carbocycles. The van der Waals surface area contributed by atoms with Crippen LogP contribution in [0.2, 0.25) is 0 Å². The SMILES string of the molecule is COCCOc1cc(C)c(Br)cc1C=O. The molecule has 0 amide bonds. The van der Waals surface area contributed by atoms with Crippen LogP contribution in [0.1, 0.15) is 15.9 Å². The van der Waals surface area contributed by atoms with E-state index in [4.69, 9.17) is 9.47 Å². The van der Waals surface area contributed by atoms with Gasteiger partial charge in [-0.1, -0.05) is 15.9 Å². The van der Waals surface area contributed by atoms with E-state index in [0.717, 1.165) is 16.3 Å². The molecular weight excluding hydrogens is 260 g/mol. The first kappa shape index (κ1) is 12.2. The van der Waals surface area contributed by atoms with Gasteiger partial charge in [-0.15, -0.1) is 0 Å². The third-order valence-electron chi connectivity index (χ3n) is 1.96. The third kappa shape index (κ3) is 3.32. The van der Waals surface area contributed by atoms with E-state index < -0.39 is 0 Å². The number of benzene rings is 1. The summed E-state index contributed by atoms with van der Waals surface area (Å²) in [4.78, 5) is 10.8. The number of carbonyl (C=O) groups is 1. The zero-order chi connectivity index (χ0) is 11.3. The molecule has 0 fully saturated rings. The lowest BCUT2D eigenvalue weighted by atomic mass is 10.1. The van der Waals surface area contributed by atoms with Crippen molar-refractivity contribution in [3.63, 3.8) is 0 Å². The summed E-state index contributed by atoms with van der Waals surface area (Å²) in [5.41, 5.74) is 1.58. The van der Waals surface area contributed by atoms with E-state index in [1.165, 1.54) is 0 Å². The molecule has 0 saturated heterocycles. The minimum absolute atomic E-state index is 0.443. The normalized spacial score (nSPS) is 10.1. The maximum atomic E-state index is 10.8. The van der Waals surface area contributed by atoms with Crippen molar-refractivity contribution < 1.29 is 14.3 Å². The van der Waals surface area contributed by atoms with Gasteiger partial charge in [-0.25, -0.2) is 0 Å². The lowest BCUT2D eigenvalue weighted by Gasteiger charge is -2.09. The van der Waals surface area contributed by atoms with Gasteiger partial charge in [0.25, 0.3) is 0 Å². The molecule has 0 N–H and O–H groups in total. The van der Waals surface area contributed by atoms with Crippen LogP contribution in [0.3, 0.4) is 0 Å². The van der Waals surface area contributed by atoms with Crippen LogP contribution in [0.4, 0.5) is 0 Å². The minimum atomic E-state index is 0.443. The quantitative estimate of drug-likeness (QED) is 0.611. The Morgan fingerprint density at radius 3 is 2.73 bits per heavy atom. The van der Waals surface area contributed by atoms with Crippen LogP contribution >= 0.6 is 15.9 Å². The second-order valence-corrected chi connectivity index (χ2v) is 3.95. The second kappa shape index (κ2) is 5.88. The standard InChI is InChI=1S/C11H13BrO3/c1-8-5-11(15-4-3-14-2)9(7-13)6-10(8)12/h5-7H,3-4H2,1-2H3. The highest BCUT2D eigenvalue weighted by atomic mass is 79.9. The molecule has 0 heterocycles. The van der Waals surface area contributed by atoms with Crippen molar-refractivity contribution in [1.82, 2.24) is 0 Å². The Morgan fingerprint density at radius 2 is 2.13 bits per heavy atom. The van der Waals surface area contributed by atoms with E-state index in [-0.39, 0.29) is 0 Å². The van der Waals surface area contributed by atoms with Gasteiger partial charge in [0.05, 0.1) is 12.2 Å². The minimum Gasteiger partial charge on any atom is -0.490 e. The van der Waals surface area contributed by atoms with Crippen LogP contribution in [0.25, 0.3) is 0 Å². The molecule has 1 aromatic carbocycles. The predicted molar refractivity (Wildman–Crippen MR) is 61.6 cm³/mol. The first-order chi connectivity index (χ1) is 7.19. The van der Waals surface area contributed by atoms with Crippen LogP contribution in [-0.4, -0.2) is 26.6 Å². The van der Waals surface area contributed by atoms with Crippen molar-refractivity contribution in [2.45, 2.75) is 6.92 Å². The fourth-order valence-corrected chi connectivity index (χ4v) is 1.48. The number of hydrogen-bond donors (Lipinski definition) is 0. The third-order valence-corrected chi connectivity index (χ3v) is 2.82. The molecule has 0 bridgehead atoms. The van der Waals surface area contributed by atoms with Crippen LogP contribution in [0.15, 0.2) is 16.6 Å². The van der Waals surface area contributed by atoms with Gasteiger partial charge in [0.1, 0.15) is 12.4 Å². The maximum Gasteiger partial charge on any atom is 0.153 e. The number of aryl methyl sites for hydroxylation is 1. The van der Waals surface area contributed by atoms with Gasteiger partial charge in [0.2, 0.25) is 0 Å². The maximum absolute atomic E-state index is 10.8. The van der Waals surface area contributed by atoms with Crippen molar-refractivity contribution >= 4 is 22.2 Å². The fourth-order valence-electron chi connectivity index (χ4n) is 1.12. The summed E-state index contributed by atoms with van der Waals surface area (Å²) in [5, 5.41) is 0. The van der Waals surface area contributed by atoms with Crippen LogP contribution in [-0.2, 0) is 4.74 Å². The molecule has 0 aliphatic rings. The molecule has 1 aromatic rings. The van der Waals surface area contributed by atoms with Gasteiger partial charge in [0, 0.05) is 11.6 Å². The first-order valence-corrected chi connectivity index (χ1v) is 5.35. The number of ether oxygens (including phenoxy) is 2. The molecule has 0 spiro atoms. The molecule has 4 heteroatoms. The monoisotopic (exact) mass is 272 g/mol. The van der Waals surface area contributed by atoms with Crippen molar-refractivity contribution in [1.29, 1.82) is 0 Å². The molecule has 0 radical (unpaired) electrons. The van der Waals surface area contributed by atoms with E-state index in [1.807, 2.05) is 13.0 Å². The molecule has 0 aromatic heterocycles. The fraction of sp³-hybridized carbons (Fsp3) is 0.364. The molecule has 0 aliphatic heterocycles. The molecule has 15 heavy (non-hydrogen) atoms. The van der Waals surface area contributed by atoms with Crippen LogP contribution < -0.4 is 4.74 Å². The number of halogens is 1.